The zero-order chi connectivity index (χ0) is 21.0. The van der Waals surface area contributed by atoms with E-state index in [1.807, 2.05) is 11.0 Å². The third kappa shape index (κ3) is 5.09. The highest BCUT2D eigenvalue weighted by atomic mass is 32.2. The van der Waals surface area contributed by atoms with Gasteiger partial charge in [-0.1, -0.05) is 30.3 Å². The van der Waals surface area contributed by atoms with Gasteiger partial charge in [-0.3, -0.25) is 9.10 Å². The first-order valence-corrected chi connectivity index (χ1v) is 11.6. The summed E-state index contributed by atoms with van der Waals surface area (Å²) in [6.07, 6.45) is 4.06. The Morgan fingerprint density at radius 2 is 1.79 bits per heavy atom. The van der Waals surface area contributed by atoms with Crippen molar-refractivity contribution in [2.75, 3.05) is 37.8 Å². The second-order valence-electron chi connectivity index (χ2n) is 7.54. The van der Waals surface area contributed by atoms with Crippen molar-refractivity contribution in [3.05, 3.63) is 59.7 Å². The number of hydrogen-bond acceptors (Lipinski definition) is 4. The van der Waals surface area contributed by atoms with Gasteiger partial charge >= 0.3 is 0 Å². The fourth-order valence-corrected chi connectivity index (χ4v) is 4.20. The summed E-state index contributed by atoms with van der Waals surface area (Å²) in [5.74, 6) is 0.891. The van der Waals surface area contributed by atoms with E-state index in [0.29, 0.717) is 36.0 Å². The lowest BCUT2D eigenvalue weighted by Gasteiger charge is -2.32. The lowest BCUT2D eigenvalue weighted by molar-refractivity contribution is 0.0687. The van der Waals surface area contributed by atoms with E-state index < -0.39 is 10.0 Å². The molecule has 0 saturated carbocycles. The summed E-state index contributed by atoms with van der Waals surface area (Å²) in [6, 6.07) is 15.3. The van der Waals surface area contributed by atoms with Crippen molar-refractivity contribution in [3.8, 4) is 5.75 Å². The van der Waals surface area contributed by atoms with E-state index in [2.05, 4.69) is 24.3 Å². The molecular weight excluding hydrogens is 388 g/mol. The Hall–Kier alpha value is -2.54. The molecule has 0 spiro atoms. The first kappa shape index (κ1) is 21.2. The summed E-state index contributed by atoms with van der Waals surface area (Å²) in [5.41, 5.74) is 2.16. The highest BCUT2D eigenvalue weighted by Gasteiger charge is 2.26. The molecule has 1 aliphatic heterocycles. The number of sulfonamides is 1. The minimum atomic E-state index is -3.41. The van der Waals surface area contributed by atoms with Crippen LogP contribution in [0.2, 0.25) is 0 Å². The number of ether oxygens (including phenoxy) is 1. The lowest BCUT2D eigenvalue weighted by atomic mass is 9.90. The number of carbonyl (C=O) groups is 1. The Kier molecular flexibility index (Phi) is 6.47. The van der Waals surface area contributed by atoms with Gasteiger partial charge in [0.15, 0.2) is 0 Å². The van der Waals surface area contributed by atoms with Crippen LogP contribution in [0.3, 0.4) is 0 Å². The third-order valence-electron chi connectivity index (χ3n) is 5.54. The molecule has 0 radical (unpaired) electrons. The van der Waals surface area contributed by atoms with Crippen molar-refractivity contribution in [2.24, 2.45) is 5.92 Å². The predicted molar refractivity (Wildman–Crippen MR) is 115 cm³/mol. The summed E-state index contributed by atoms with van der Waals surface area (Å²) in [5, 5.41) is 0. The lowest BCUT2D eigenvalue weighted by Crippen LogP contribution is -2.39. The molecule has 156 valence electrons. The van der Waals surface area contributed by atoms with Gasteiger partial charge in [-0.25, -0.2) is 8.42 Å². The van der Waals surface area contributed by atoms with Gasteiger partial charge in [-0.15, -0.1) is 0 Å². The molecule has 1 amide bonds. The standard InChI is InChI=1S/C22H28N2O4S/c1-23(29(3,26)27)19-9-10-21(28-2)20(16-19)22(25)24-13-11-18(12-14-24)15-17-7-5-4-6-8-17/h4-10,16,18H,11-15H2,1-3H3. The van der Waals surface area contributed by atoms with E-state index in [-0.39, 0.29) is 5.91 Å². The fraction of sp³-hybridized carbons (Fsp3) is 0.409. The van der Waals surface area contributed by atoms with Crippen LogP contribution in [0.1, 0.15) is 28.8 Å². The van der Waals surface area contributed by atoms with Gasteiger partial charge in [-0.2, -0.15) is 0 Å². The molecule has 2 aromatic carbocycles. The maximum Gasteiger partial charge on any atom is 0.257 e. The predicted octanol–water partition coefficient (Wildman–Crippen LogP) is 3.19. The molecule has 1 heterocycles. The van der Waals surface area contributed by atoms with Crippen molar-refractivity contribution in [1.29, 1.82) is 0 Å². The highest BCUT2D eigenvalue weighted by molar-refractivity contribution is 7.92. The number of rotatable bonds is 6. The molecule has 0 atom stereocenters. The summed E-state index contributed by atoms with van der Waals surface area (Å²) < 4.78 is 30.2. The van der Waals surface area contributed by atoms with Gasteiger partial charge in [0.2, 0.25) is 10.0 Å². The van der Waals surface area contributed by atoms with Gasteiger partial charge in [0.05, 0.1) is 24.6 Å². The zero-order valence-corrected chi connectivity index (χ0v) is 18.0. The van der Waals surface area contributed by atoms with Gasteiger partial charge in [0, 0.05) is 20.1 Å². The number of anilines is 1. The quantitative estimate of drug-likeness (QED) is 0.725. The first-order chi connectivity index (χ1) is 13.8. The molecule has 0 unspecified atom stereocenters. The van der Waals surface area contributed by atoms with E-state index >= 15 is 0 Å². The summed E-state index contributed by atoms with van der Waals surface area (Å²) in [7, 11) is -0.427. The van der Waals surface area contributed by atoms with Gasteiger partial charge in [0.1, 0.15) is 5.75 Å². The number of piperidine rings is 1. The summed E-state index contributed by atoms with van der Waals surface area (Å²) in [4.78, 5) is 15.0. The summed E-state index contributed by atoms with van der Waals surface area (Å²) in [6.45, 7) is 1.37. The second kappa shape index (κ2) is 8.86. The summed E-state index contributed by atoms with van der Waals surface area (Å²) >= 11 is 0. The molecule has 1 fully saturated rings. The molecule has 6 nitrogen and oxygen atoms in total. The van der Waals surface area contributed by atoms with Crippen LogP contribution in [0.15, 0.2) is 48.5 Å². The van der Waals surface area contributed by atoms with E-state index in [4.69, 9.17) is 4.74 Å². The molecule has 0 N–H and O–H groups in total. The van der Waals surface area contributed by atoms with Crippen LogP contribution in [0, 0.1) is 5.92 Å². The highest BCUT2D eigenvalue weighted by Crippen LogP contribution is 2.29. The molecule has 7 heteroatoms. The van der Waals surface area contributed by atoms with Crippen molar-refractivity contribution in [1.82, 2.24) is 4.90 Å². The molecular formula is C22H28N2O4S. The van der Waals surface area contributed by atoms with E-state index in [1.54, 1.807) is 18.2 Å². The molecule has 3 rings (SSSR count). The monoisotopic (exact) mass is 416 g/mol. The average molecular weight is 417 g/mol. The van der Waals surface area contributed by atoms with Crippen molar-refractivity contribution < 1.29 is 17.9 Å². The molecule has 2 aromatic rings. The first-order valence-electron chi connectivity index (χ1n) is 9.74. The number of methoxy groups -OCH3 is 1. The van der Waals surface area contributed by atoms with E-state index in [9.17, 15) is 13.2 Å². The second-order valence-corrected chi connectivity index (χ2v) is 9.55. The van der Waals surface area contributed by atoms with E-state index in [0.717, 1.165) is 29.8 Å². The smallest absolute Gasteiger partial charge is 0.257 e. The molecule has 29 heavy (non-hydrogen) atoms. The maximum atomic E-state index is 13.1. The average Bonchev–Trinajstić information content (AvgIpc) is 2.73. The Morgan fingerprint density at radius 1 is 1.14 bits per heavy atom. The minimum absolute atomic E-state index is 0.122. The molecule has 0 aliphatic carbocycles. The van der Waals surface area contributed by atoms with Gasteiger partial charge in [0.25, 0.3) is 5.91 Å². The van der Waals surface area contributed by atoms with Crippen molar-refractivity contribution in [3.63, 3.8) is 0 Å². The normalized spacial score (nSPS) is 15.2. The molecule has 1 saturated heterocycles. The molecule has 1 aliphatic rings. The number of likely N-dealkylation sites (tertiary alicyclic amines) is 1. The largest absolute Gasteiger partial charge is 0.496 e. The number of hydrogen-bond donors (Lipinski definition) is 0. The maximum absolute atomic E-state index is 13.1. The topological polar surface area (TPSA) is 66.9 Å². The van der Waals surface area contributed by atoms with Crippen LogP contribution in [0.5, 0.6) is 5.75 Å². The Morgan fingerprint density at radius 3 is 2.38 bits per heavy atom. The van der Waals surface area contributed by atoms with Crippen molar-refractivity contribution in [2.45, 2.75) is 19.3 Å². The number of carbonyl (C=O) groups excluding carboxylic acids is 1. The third-order valence-corrected chi connectivity index (χ3v) is 6.75. The molecule has 0 bridgehead atoms. The Bertz CT molecular complexity index is 952. The van der Waals surface area contributed by atoms with Gasteiger partial charge < -0.3 is 9.64 Å². The van der Waals surface area contributed by atoms with Crippen LogP contribution >= 0.6 is 0 Å². The van der Waals surface area contributed by atoms with Crippen LogP contribution in [0.25, 0.3) is 0 Å². The SMILES string of the molecule is COc1ccc(N(C)S(C)(=O)=O)cc1C(=O)N1CCC(Cc2ccccc2)CC1. The minimum Gasteiger partial charge on any atom is -0.496 e. The Labute approximate surface area is 173 Å². The van der Waals surface area contributed by atoms with Crippen LogP contribution in [0.4, 0.5) is 5.69 Å². The number of benzene rings is 2. The van der Waals surface area contributed by atoms with Crippen LogP contribution in [-0.2, 0) is 16.4 Å². The fourth-order valence-electron chi connectivity index (χ4n) is 3.71. The van der Waals surface area contributed by atoms with E-state index in [1.165, 1.54) is 19.7 Å². The van der Waals surface area contributed by atoms with Crippen LogP contribution in [-0.4, -0.2) is 52.7 Å². The number of nitrogens with zero attached hydrogens (tertiary/aromatic N) is 2. The van der Waals surface area contributed by atoms with Crippen molar-refractivity contribution >= 4 is 21.6 Å². The zero-order valence-electron chi connectivity index (χ0n) is 17.2. The van der Waals surface area contributed by atoms with Gasteiger partial charge in [-0.05, 0) is 48.9 Å². The van der Waals surface area contributed by atoms with Crippen LogP contribution < -0.4 is 9.04 Å². The number of amides is 1. The molecule has 0 aromatic heterocycles. The Balaban J connectivity index is 1.71.